The number of hydrogen-bond acceptors (Lipinski definition) is 4. The van der Waals surface area contributed by atoms with Gasteiger partial charge >= 0.3 is 0 Å². The molecule has 0 saturated heterocycles. The molecule has 0 unspecified atom stereocenters. The van der Waals surface area contributed by atoms with Crippen LogP contribution in [0, 0.1) is 20.8 Å². The van der Waals surface area contributed by atoms with Gasteiger partial charge in [-0.2, -0.15) is 0 Å². The Balaban J connectivity index is 2.05. The zero-order valence-electron chi connectivity index (χ0n) is 19.5. The van der Waals surface area contributed by atoms with Gasteiger partial charge in [-0.25, -0.2) is 0 Å². The van der Waals surface area contributed by atoms with Gasteiger partial charge in [0.05, 0.1) is 4.24 Å². The molecule has 0 aliphatic carbocycles. The summed E-state index contributed by atoms with van der Waals surface area (Å²) in [6.45, 7) is 6.04. The maximum absolute atomic E-state index is 13.2. The fourth-order valence-corrected chi connectivity index (χ4v) is 5.05. The molecule has 0 aliphatic rings. The van der Waals surface area contributed by atoms with E-state index >= 15 is 0 Å². The molecule has 170 valence electrons. The second kappa shape index (κ2) is 11.3. The maximum Gasteiger partial charge on any atom is 0.271 e. The van der Waals surface area contributed by atoms with Gasteiger partial charge in [-0.05, 0) is 57.2 Å². The highest BCUT2D eigenvalue weighted by Gasteiger charge is 2.23. The van der Waals surface area contributed by atoms with Crippen LogP contribution in [0.2, 0.25) is 0 Å². The Bertz CT molecular complexity index is 1100. The number of nitrogens with zero attached hydrogens (tertiary/aromatic N) is 1. The lowest BCUT2D eigenvalue weighted by atomic mass is 10.1. The van der Waals surface area contributed by atoms with Crippen LogP contribution in [0.3, 0.4) is 0 Å². The van der Waals surface area contributed by atoms with Gasteiger partial charge in [0, 0.05) is 29.4 Å². The average molecular weight is 477 g/mol. The number of carbonyl (C=O) groups excluding carboxylic acids is 2. The number of hydrogen-bond donors (Lipinski definition) is 1. The summed E-state index contributed by atoms with van der Waals surface area (Å²) in [6.07, 6.45) is 0. The van der Waals surface area contributed by atoms with Gasteiger partial charge in [-0.1, -0.05) is 76.6 Å². The van der Waals surface area contributed by atoms with Crippen molar-refractivity contribution in [2.45, 2.75) is 30.6 Å². The van der Waals surface area contributed by atoms with Crippen LogP contribution >= 0.6 is 23.5 Å². The molecule has 6 heteroatoms. The first kappa shape index (κ1) is 24.7. The lowest BCUT2D eigenvalue weighted by molar-refractivity contribution is -0.125. The van der Waals surface area contributed by atoms with Crippen LogP contribution in [-0.2, 0) is 4.79 Å². The number of rotatable bonds is 7. The first-order chi connectivity index (χ1) is 15.7. The van der Waals surface area contributed by atoms with E-state index in [-0.39, 0.29) is 17.5 Å². The molecule has 3 rings (SSSR count). The molecule has 0 saturated carbocycles. The Morgan fingerprint density at radius 1 is 0.667 bits per heavy atom. The first-order valence-corrected chi connectivity index (χ1v) is 12.2. The molecule has 0 bridgehead atoms. The molecular formula is C27H28N2O2S2. The summed E-state index contributed by atoms with van der Waals surface area (Å²) in [7, 11) is 3.37. The van der Waals surface area contributed by atoms with Crippen molar-refractivity contribution in [3.8, 4) is 0 Å². The molecule has 4 nitrogen and oxygen atoms in total. The lowest BCUT2D eigenvalue weighted by Gasteiger charge is -2.19. The van der Waals surface area contributed by atoms with Gasteiger partial charge in [0.1, 0.15) is 5.70 Å². The quantitative estimate of drug-likeness (QED) is 0.327. The number of likely N-dealkylation sites (N-methyl/N-ethyl adjacent to an activating group) is 1. The molecule has 0 aromatic heterocycles. The summed E-state index contributed by atoms with van der Waals surface area (Å²) >= 11 is 2.94. The van der Waals surface area contributed by atoms with Crippen molar-refractivity contribution in [2.75, 3.05) is 14.1 Å². The molecule has 0 aliphatic heterocycles. The van der Waals surface area contributed by atoms with Crippen molar-refractivity contribution in [3.05, 3.63) is 105 Å². The van der Waals surface area contributed by atoms with Crippen molar-refractivity contribution in [1.29, 1.82) is 0 Å². The smallest absolute Gasteiger partial charge is 0.271 e. The second-order valence-corrected chi connectivity index (χ2v) is 10.4. The van der Waals surface area contributed by atoms with E-state index in [4.69, 9.17) is 0 Å². The van der Waals surface area contributed by atoms with E-state index in [0.717, 1.165) is 26.5 Å². The van der Waals surface area contributed by atoms with Crippen molar-refractivity contribution >= 4 is 35.3 Å². The van der Waals surface area contributed by atoms with E-state index in [9.17, 15) is 9.59 Å². The third-order valence-corrected chi connectivity index (χ3v) is 7.13. The minimum atomic E-state index is -0.313. The van der Waals surface area contributed by atoms with Crippen LogP contribution in [0.5, 0.6) is 0 Å². The molecule has 0 atom stereocenters. The Morgan fingerprint density at radius 2 is 1.06 bits per heavy atom. The maximum atomic E-state index is 13.2. The van der Waals surface area contributed by atoms with Gasteiger partial charge in [0.15, 0.2) is 0 Å². The Morgan fingerprint density at radius 3 is 1.45 bits per heavy atom. The van der Waals surface area contributed by atoms with Crippen LogP contribution in [0.25, 0.3) is 0 Å². The molecule has 1 N–H and O–H groups in total. The SMILES string of the molecule is Cc1ccc(SC(Sc2ccc(C)cc2)=C(NC(=O)c2ccc(C)cc2)C(=O)N(C)C)cc1. The van der Waals surface area contributed by atoms with E-state index in [1.54, 1.807) is 26.2 Å². The average Bonchev–Trinajstić information content (AvgIpc) is 2.79. The number of nitrogens with one attached hydrogen (secondary N) is 1. The Labute approximate surface area is 204 Å². The van der Waals surface area contributed by atoms with Crippen molar-refractivity contribution in [3.63, 3.8) is 0 Å². The van der Waals surface area contributed by atoms with Crippen LogP contribution in [0.15, 0.2) is 92.5 Å². The van der Waals surface area contributed by atoms with E-state index < -0.39 is 0 Å². The molecule has 33 heavy (non-hydrogen) atoms. The third-order valence-electron chi connectivity index (χ3n) is 4.84. The number of carbonyl (C=O) groups is 2. The topological polar surface area (TPSA) is 49.4 Å². The lowest BCUT2D eigenvalue weighted by Crippen LogP contribution is -2.35. The molecule has 3 aromatic carbocycles. The van der Waals surface area contributed by atoms with Crippen molar-refractivity contribution in [2.24, 2.45) is 0 Å². The number of benzene rings is 3. The van der Waals surface area contributed by atoms with Gasteiger partial charge in [0.25, 0.3) is 11.8 Å². The largest absolute Gasteiger partial charge is 0.343 e. The Hall–Kier alpha value is -2.96. The van der Waals surface area contributed by atoms with E-state index in [1.165, 1.54) is 28.4 Å². The third kappa shape index (κ3) is 7.01. The summed E-state index contributed by atoms with van der Waals surface area (Å²) in [6, 6.07) is 23.5. The van der Waals surface area contributed by atoms with Gasteiger partial charge < -0.3 is 10.2 Å². The molecular weight excluding hydrogens is 448 g/mol. The monoisotopic (exact) mass is 476 g/mol. The highest BCUT2D eigenvalue weighted by Crippen LogP contribution is 2.41. The molecule has 0 heterocycles. The van der Waals surface area contributed by atoms with Crippen LogP contribution in [0.4, 0.5) is 0 Å². The van der Waals surface area contributed by atoms with Crippen molar-refractivity contribution < 1.29 is 9.59 Å². The minimum absolute atomic E-state index is 0.260. The fourth-order valence-electron chi connectivity index (χ4n) is 2.86. The summed E-state index contributed by atoms with van der Waals surface area (Å²) in [5.41, 5.74) is 4.16. The predicted molar refractivity (Wildman–Crippen MR) is 138 cm³/mol. The minimum Gasteiger partial charge on any atom is -0.343 e. The van der Waals surface area contributed by atoms with Crippen LogP contribution in [0.1, 0.15) is 27.0 Å². The number of amides is 2. The van der Waals surface area contributed by atoms with E-state index in [0.29, 0.717) is 9.80 Å². The van der Waals surface area contributed by atoms with Gasteiger partial charge in [-0.3, -0.25) is 9.59 Å². The summed E-state index contributed by atoms with van der Waals surface area (Å²) < 4.78 is 0.710. The summed E-state index contributed by atoms with van der Waals surface area (Å²) in [4.78, 5) is 29.7. The number of thioether (sulfide) groups is 2. The summed E-state index contributed by atoms with van der Waals surface area (Å²) in [5, 5.41) is 2.91. The van der Waals surface area contributed by atoms with E-state index in [1.807, 2.05) is 81.4 Å². The molecule has 3 aromatic rings. The Kier molecular flexibility index (Phi) is 8.42. The van der Waals surface area contributed by atoms with E-state index in [2.05, 4.69) is 5.32 Å². The van der Waals surface area contributed by atoms with Gasteiger partial charge in [-0.15, -0.1) is 0 Å². The normalized spacial score (nSPS) is 10.5. The predicted octanol–water partition coefficient (Wildman–Crippen LogP) is 6.18. The highest BCUT2D eigenvalue weighted by atomic mass is 32.2. The summed E-state index contributed by atoms with van der Waals surface area (Å²) in [5.74, 6) is -0.573. The van der Waals surface area contributed by atoms with Gasteiger partial charge in [0.2, 0.25) is 0 Å². The highest BCUT2D eigenvalue weighted by molar-refractivity contribution is 8.22. The second-order valence-electron chi connectivity index (χ2n) is 8.01. The van der Waals surface area contributed by atoms with Crippen LogP contribution < -0.4 is 5.32 Å². The zero-order chi connectivity index (χ0) is 24.0. The van der Waals surface area contributed by atoms with Crippen LogP contribution in [-0.4, -0.2) is 30.8 Å². The zero-order valence-corrected chi connectivity index (χ0v) is 21.1. The van der Waals surface area contributed by atoms with Crippen molar-refractivity contribution in [1.82, 2.24) is 10.2 Å². The molecule has 0 fully saturated rings. The standard InChI is InChI=1S/C27H28N2O2S2/c1-18-6-12-21(13-7-18)25(30)28-24(26(31)29(4)5)27(32-22-14-8-19(2)9-15-22)33-23-16-10-20(3)11-17-23/h6-17H,1-5H3,(H,28,30). The molecule has 0 spiro atoms. The molecule has 0 radical (unpaired) electrons. The molecule has 2 amide bonds. The fraction of sp³-hybridized carbons (Fsp3) is 0.185. The first-order valence-electron chi connectivity index (χ1n) is 10.6. The number of aryl methyl sites for hydroxylation is 3.